The van der Waals surface area contributed by atoms with Crippen LogP contribution in [0.5, 0.6) is 5.75 Å². The van der Waals surface area contributed by atoms with Crippen molar-refractivity contribution in [2.24, 2.45) is 0 Å². The number of rotatable bonds is 5. The molecule has 1 unspecified atom stereocenters. The number of carbonyl (C=O) groups excluding carboxylic acids is 1. The quantitative estimate of drug-likeness (QED) is 0.819. The monoisotopic (exact) mass is 250 g/mol. The Balaban J connectivity index is 1.75. The van der Waals surface area contributed by atoms with Crippen LogP contribution in [0, 0.1) is 0 Å². The molecule has 0 radical (unpaired) electrons. The molecule has 1 aromatic carbocycles. The van der Waals surface area contributed by atoms with Gasteiger partial charge in [0.05, 0.1) is 13.2 Å². The summed E-state index contributed by atoms with van der Waals surface area (Å²) in [7, 11) is 1.61. The van der Waals surface area contributed by atoms with Crippen molar-refractivity contribution in [3.8, 4) is 5.75 Å². The van der Waals surface area contributed by atoms with E-state index in [1.807, 2.05) is 0 Å². The van der Waals surface area contributed by atoms with E-state index in [2.05, 4.69) is 10.6 Å². The van der Waals surface area contributed by atoms with Crippen LogP contribution in [0.1, 0.15) is 6.42 Å². The number of anilines is 1. The van der Waals surface area contributed by atoms with Gasteiger partial charge in [0, 0.05) is 12.2 Å². The first-order chi connectivity index (χ1) is 8.78. The van der Waals surface area contributed by atoms with Crippen molar-refractivity contribution in [3.63, 3.8) is 0 Å². The molecule has 1 aromatic rings. The van der Waals surface area contributed by atoms with Crippen molar-refractivity contribution >= 4 is 11.6 Å². The second-order valence-electron chi connectivity index (χ2n) is 4.20. The van der Waals surface area contributed by atoms with Gasteiger partial charge in [-0.25, -0.2) is 0 Å². The summed E-state index contributed by atoms with van der Waals surface area (Å²) in [5.41, 5.74) is 0.744. The lowest BCUT2D eigenvalue weighted by Gasteiger charge is -2.10. The highest BCUT2D eigenvalue weighted by Gasteiger charge is 2.15. The van der Waals surface area contributed by atoms with Crippen LogP contribution in [-0.2, 0) is 9.53 Å². The Labute approximate surface area is 106 Å². The normalized spacial score (nSPS) is 18.6. The third-order valence-corrected chi connectivity index (χ3v) is 2.84. The Morgan fingerprint density at radius 2 is 2.22 bits per heavy atom. The predicted octanol–water partition coefficient (Wildman–Crippen LogP) is 1.01. The Kier molecular flexibility index (Phi) is 4.55. The minimum atomic E-state index is -0.132. The van der Waals surface area contributed by atoms with E-state index in [0.717, 1.165) is 30.9 Å². The minimum absolute atomic E-state index is 0.0956. The van der Waals surface area contributed by atoms with Crippen LogP contribution in [0.2, 0.25) is 0 Å². The van der Waals surface area contributed by atoms with Gasteiger partial charge >= 0.3 is 0 Å². The molecule has 98 valence electrons. The van der Waals surface area contributed by atoms with Crippen molar-refractivity contribution < 1.29 is 14.3 Å². The molecule has 0 bridgehead atoms. The van der Waals surface area contributed by atoms with Crippen molar-refractivity contribution in [2.45, 2.75) is 12.5 Å². The summed E-state index contributed by atoms with van der Waals surface area (Å²) in [5.74, 6) is 0.633. The summed E-state index contributed by atoms with van der Waals surface area (Å²) in [5, 5.41) is 5.97. The maximum Gasteiger partial charge on any atom is 0.250 e. The Hall–Kier alpha value is -1.59. The molecule has 5 nitrogen and oxygen atoms in total. The van der Waals surface area contributed by atoms with Gasteiger partial charge in [-0.3, -0.25) is 4.79 Å². The number of hydrogen-bond donors (Lipinski definition) is 2. The van der Waals surface area contributed by atoms with E-state index in [9.17, 15) is 4.79 Å². The van der Waals surface area contributed by atoms with Gasteiger partial charge in [-0.05, 0) is 37.2 Å². The fraction of sp³-hybridized carbons (Fsp3) is 0.462. The summed E-state index contributed by atoms with van der Waals surface area (Å²) in [6, 6.07) is 7.20. The first kappa shape index (κ1) is 12.9. The number of methoxy groups -OCH3 is 1. The van der Waals surface area contributed by atoms with Crippen LogP contribution < -0.4 is 15.4 Å². The molecule has 0 aliphatic carbocycles. The van der Waals surface area contributed by atoms with Gasteiger partial charge in [-0.15, -0.1) is 0 Å². The van der Waals surface area contributed by atoms with Gasteiger partial charge in [0.15, 0.2) is 0 Å². The predicted molar refractivity (Wildman–Crippen MR) is 68.9 cm³/mol. The average Bonchev–Trinajstić information content (AvgIpc) is 2.90. The fourth-order valence-corrected chi connectivity index (χ4v) is 1.84. The van der Waals surface area contributed by atoms with Gasteiger partial charge in [0.2, 0.25) is 5.91 Å². The van der Waals surface area contributed by atoms with E-state index in [0.29, 0.717) is 0 Å². The van der Waals surface area contributed by atoms with Crippen LogP contribution in [0.25, 0.3) is 0 Å². The molecule has 2 N–H and O–H groups in total. The third kappa shape index (κ3) is 3.72. The molecule has 0 aromatic heterocycles. The maximum atomic E-state index is 11.6. The lowest BCUT2D eigenvalue weighted by molar-refractivity contribution is -0.122. The molecule has 5 heteroatoms. The molecule has 0 saturated carbocycles. The molecule has 0 spiro atoms. The maximum absolute atomic E-state index is 11.6. The number of hydrogen-bond acceptors (Lipinski definition) is 4. The number of ether oxygens (including phenoxy) is 2. The van der Waals surface area contributed by atoms with Crippen molar-refractivity contribution in [3.05, 3.63) is 24.3 Å². The summed E-state index contributed by atoms with van der Waals surface area (Å²) in [6.45, 7) is 1.89. The van der Waals surface area contributed by atoms with E-state index in [-0.39, 0.29) is 18.6 Å². The highest BCUT2D eigenvalue weighted by Crippen LogP contribution is 2.14. The summed E-state index contributed by atoms with van der Waals surface area (Å²) < 4.78 is 10.5. The molecule has 1 aliphatic heterocycles. The molecule has 1 aliphatic rings. The molecule has 2 rings (SSSR count). The molecular formula is C13H18N2O3. The fourth-order valence-electron chi connectivity index (χ4n) is 1.84. The Morgan fingerprint density at radius 3 is 2.83 bits per heavy atom. The Morgan fingerprint density at radius 1 is 1.44 bits per heavy atom. The highest BCUT2D eigenvalue weighted by atomic mass is 16.5. The number of carbonyl (C=O) groups is 1. The van der Waals surface area contributed by atoms with Gasteiger partial charge in [-0.2, -0.15) is 0 Å². The molecule has 1 saturated heterocycles. The third-order valence-electron chi connectivity index (χ3n) is 2.84. The first-order valence-corrected chi connectivity index (χ1v) is 6.04. The SMILES string of the molecule is COc1ccc(NC(=O)COC2CCNC2)cc1. The van der Waals surface area contributed by atoms with Crippen molar-refractivity contribution in [2.75, 3.05) is 32.1 Å². The zero-order valence-electron chi connectivity index (χ0n) is 10.4. The highest BCUT2D eigenvalue weighted by molar-refractivity contribution is 5.91. The largest absolute Gasteiger partial charge is 0.497 e. The van der Waals surface area contributed by atoms with Crippen molar-refractivity contribution in [1.82, 2.24) is 5.32 Å². The van der Waals surface area contributed by atoms with E-state index in [1.165, 1.54) is 0 Å². The van der Waals surface area contributed by atoms with E-state index in [1.54, 1.807) is 31.4 Å². The lowest BCUT2D eigenvalue weighted by atomic mass is 10.3. The molecule has 1 atom stereocenters. The van der Waals surface area contributed by atoms with Crippen LogP contribution in [0.3, 0.4) is 0 Å². The van der Waals surface area contributed by atoms with Crippen LogP contribution >= 0.6 is 0 Å². The summed E-state index contributed by atoms with van der Waals surface area (Å²) >= 11 is 0. The molecular weight excluding hydrogens is 232 g/mol. The Bertz CT molecular complexity index is 386. The smallest absolute Gasteiger partial charge is 0.250 e. The topological polar surface area (TPSA) is 59.6 Å². The number of benzene rings is 1. The molecule has 1 heterocycles. The summed E-state index contributed by atoms with van der Waals surface area (Å²) in [4.78, 5) is 11.6. The van der Waals surface area contributed by atoms with Crippen molar-refractivity contribution in [1.29, 1.82) is 0 Å². The first-order valence-electron chi connectivity index (χ1n) is 6.04. The van der Waals surface area contributed by atoms with Gasteiger partial charge in [0.25, 0.3) is 0 Å². The standard InChI is InChI=1S/C13H18N2O3/c1-17-11-4-2-10(3-5-11)15-13(16)9-18-12-6-7-14-8-12/h2-5,12,14H,6-9H2,1H3,(H,15,16). The van der Waals surface area contributed by atoms with E-state index >= 15 is 0 Å². The number of amides is 1. The van der Waals surface area contributed by atoms with E-state index < -0.39 is 0 Å². The minimum Gasteiger partial charge on any atom is -0.497 e. The van der Waals surface area contributed by atoms with Crippen LogP contribution in [-0.4, -0.2) is 38.8 Å². The second kappa shape index (κ2) is 6.37. The number of nitrogens with one attached hydrogen (secondary N) is 2. The van der Waals surface area contributed by atoms with E-state index in [4.69, 9.17) is 9.47 Å². The zero-order valence-corrected chi connectivity index (χ0v) is 10.4. The molecule has 18 heavy (non-hydrogen) atoms. The van der Waals surface area contributed by atoms with Crippen LogP contribution in [0.15, 0.2) is 24.3 Å². The molecule has 1 amide bonds. The summed E-state index contributed by atoms with van der Waals surface area (Å²) in [6.07, 6.45) is 1.13. The van der Waals surface area contributed by atoms with Gasteiger partial charge < -0.3 is 20.1 Å². The second-order valence-corrected chi connectivity index (χ2v) is 4.20. The van der Waals surface area contributed by atoms with Gasteiger partial charge in [-0.1, -0.05) is 0 Å². The zero-order chi connectivity index (χ0) is 12.8. The lowest BCUT2D eigenvalue weighted by Crippen LogP contribution is -2.24. The molecule has 1 fully saturated rings. The average molecular weight is 250 g/mol. The van der Waals surface area contributed by atoms with Crippen LogP contribution in [0.4, 0.5) is 5.69 Å². The van der Waals surface area contributed by atoms with Gasteiger partial charge in [0.1, 0.15) is 12.4 Å².